The Hall–Kier alpha value is -1.40. The van der Waals surface area contributed by atoms with E-state index in [1.54, 1.807) is 6.20 Å². The number of oxazole rings is 1. The Labute approximate surface area is 112 Å². The first-order valence-corrected chi connectivity index (χ1v) is 6.71. The molecule has 1 saturated heterocycles. The van der Waals surface area contributed by atoms with Gasteiger partial charge < -0.3 is 19.8 Å². The third-order valence-electron chi connectivity index (χ3n) is 3.16. The molecule has 2 unspecified atom stereocenters. The second-order valence-corrected chi connectivity index (χ2v) is 4.79. The van der Waals surface area contributed by atoms with Gasteiger partial charge in [-0.15, -0.1) is 0 Å². The van der Waals surface area contributed by atoms with Gasteiger partial charge >= 0.3 is 0 Å². The van der Waals surface area contributed by atoms with Crippen LogP contribution in [0.4, 0.5) is 0 Å². The summed E-state index contributed by atoms with van der Waals surface area (Å²) in [7, 11) is 0. The minimum atomic E-state index is -0.136. The van der Waals surface area contributed by atoms with E-state index in [9.17, 15) is 4.79 Å². The van der Waals surface area contributed by atoms with Crippen LogP contribution in [0.25, 0.3) is 0 Å². The van der Waals surface area contributed by atoms with Crippen LogP contribution in [-0.4, -0.2) is 36.7 Å². The van der Waals surface area contributed by atoms with Gasteiger partial charge in [-0.2, -0.15) is 0 Å². The molecule has 0 aliphatic carbocycles. The molecule has 0 bridgehead atoms. The van der Waals surface area contributed by atoms with Gasteiger partial charge in [0.2, 0.25) is 11.8 Å². The maximum atomic E-state index is 12.1. The number of nitrogens with one attached hydrogen (secondary N) is 2. The first-order valence-electron chi connectivity index (χ1n) is 6.71. The molecule has 2 atom stereocenters. The molecule has 2 N–H and O–H groups in total. The summed E-state index contributed by atoms with van der Waals surface area (Å²) >= 11 is 0. The zero-order valence-corrected chi connectivity index (χ0v) is 11.4. The number of aryl methyl sites for hydroxylation is 1. The monoisotopic (exact) mass is 267 g/mol. The third kappa shape index (κ3) is 3.78. The molecular formula is C13H21N3O3. The number of aromatic nitrogens is 1. The highest BCUT2D eigenvalue weighted by Gasteiger charge is 2.33. The number of hydrogen-bond donors (Lipinski definition) is 2. The molecule has 0 aromatic carbocycles. The molecule has 1 fully saturated rings. The molecule has 1 amide bonds. The Bertz CT molecular complexity index is 419. The van der Waals surface area contributed by atoms with E-state index in [-0.39, 0.29) is 17.9 Å². The summed E-state index contributed by atoms with van der Waals surface area (Å²) in [6.07, 6.45) is 2.69. The van der Waals surface area contributed by atoms with Crippen LogP contribution in [0.15, 0.2) is 10.6 Å². The van der Waals surface area contributed by atoms with Crippen LogP contribution in [-0.2, 0) is 16.1 Å². The molecule has 0 spiro atoms. The van der Waals surface area contributed by atoms with E-state index in [0.29, 0.717) is 25.6 Å². The van der Waals surface area contributed by atoms with Crippen molar-refractivity contribution in [1.29, 1.82) is 0 Å². The highest BCUT2D eigenvalue weighted by Crippen LogP contribution is 2.14. The molecule has 6 nitrogen and oxygen atoms in total. The molecule has 1 aliphatic rings. The minimum Gasteiger partial charge on any atom is -0.444 e. The standard InChI is InChI=1S/C13H21N3O3/c1-3-4-14-11-8-18-7-10(11)13(17)16-6-12-15-5-9(2)19-12/h5,10-11,14H,3-4,6-8H2,1-2H3,(H,16,17). The smallest absolute Gasteiger partial charge is 0.227 e. The minimum absolute atomic E-state index is 0.0121. The average Bonchev–Trinajstić information content (AvgIpc) is 3.02. The van der Waals surface area contributed by atoms with Crippen LogP contribution in [0.5, 0.6) is 0 Å². The van der Waals surface area contributed by atoms with Gasteiger partial charge in [0, 0.05) is 6.04 Å². The van der Waals surface area contributed by atoms with E-state index >= 15 is 0 Å². The summed E-state index contributed by atoms with van der Waals surface area (Å²) in [4.78, 5) is 16.2. The molecule has 2 rings (SSSR count). The van der Waals surface area contributed by atoms with Gasteiger partial charge in [0.15, 0.2) is 0 Å². The SMILES string of the molecule is CCCNC1COCC1C(=O)NCc1ncc(C)o1. The van der Waals surface area contributed by atoms with Crippen molar-refractivity contribution < 1.29 is 13.9 Å². The summed E-state index contributed by atoms with van der Waals surface area (Å²) in [5.74, 6) is 1.13. The Kier molecular flexibility index (Phi) is 4.93. The fourth-order valence-electron chi connectivity index (χ4n) is 2.12. The van der Waals surface area contributed by atoms with Crippen molar-refractivity contribution in [2.24, 2.45) is 5.92 Å². The van der Waals surface area contributed by atoms with E-state index < -0.39 is 0 Å². The van der Waals surface area contributed by atoms with E-state index in [1.807, 2.05) is 6.92 Å². The number of rotatable bonds is 6. The number of ether oxygens (including phenoxy) is 1. The normalized spacial score (nSPS) is 22.6. The summed E-state index contributed by atoms with van der Waals surface area (Å²) in [6, 6.07) is 0.103. The van der Waals surface area contributed by atoms with Gasteiger partial charge in [-0.05, 0) is 19.9 Å². The van der Waals surface area contributed by atoms with Crippen molar-refractivity contribution in [2.75, 3.05) is 19.8 Å². The van der Waals surface area contributed by atoms with Crippen LogP contribution in [0.3, 0.4) is 0 Å². The number of carbonyl (C=O) groups excluding carboxylic acids is 1. The maximum absolute atomic E-state index is 12.1. The van der Waals surface area contributed by atoms with Gasteiger partial charge in [0.1, 0.15) is 5.76 Å². The lowest BCUT2D eigenvalue weighted by molar-refractivity contribution is -0.125. The Balaban J connectivity index is 1.81. The van der Waals surface area contributed by atoms with E-state index in [0.717, 1.165) is 18.7 Å². The molecule has 2 heterocycles. The van der Waals surface area contributed by atoms with Crippen LogP contribution < -0.4 is 10.6 Å². The Morgan fingerprint density at radius 1 is 1.53 bits per heavy atom. The van der Waals surface area contributed by atoms with Gasteiger partial charge in [0.25, 0.3) is 0 Å². The van der Waals surface area contributed by atoms with Crippen molar-refractivity contribution in [2.45, 2.75) is 32.9 Å². The van der Waals surface area contributed by atoms with Crippen LogP contribution in [0.1, 0.15) is 25.0 Å². The largest absolute Gasteiger partial charge is 0.444 e. The second-order valence-electron chi connectivity index (χ2n) is 4.79. The predicted molar refractivity (Wildman–Crippen MR) is 69.5 cm³/mol. The first kappa shape index (κ1) is 14.0. The number of nitrogens with zero attached hydrogens (tertiary/aromatic N) is 1. The zero-order chi connectivity index (χ0) is 13.7. The first-order chi connectivity index (χ1) is 9.20. The molecule has 106 valence electrons. The number of amides is 1. The fraction of sp³-hybridized carbons (Fsp3) is 0.692. The summed E-state index contributed by atoms with van der Waals surface area (Å²) < 4.78 is 10.7. The van der Waals surface area contributed by atoms with Crippen molar-refractivity contribution in [3.8, 4) is 0 Å². The molecule has 1 aromatic heterocycles. The summed E-state index contributed by atoms with van der Waals surface area (Å²) in [5.41, 5.74) is 0. The lowest BCUT2D eigenvalue weighted by atomic mass is 10.0. The van der Waals surface area contributed by atoms with Crippen molar-refractivity contribution in [3.63, 3.8) is 0 Å². The quantitative estimate of drug-likeness (QED) is 0.790. The molecular weight excluding hydrogens is 246 g/mol. The molecule has 19 heavy (non-hydrogen) atoms. The van der Waals surface area contributed by atoms with Crippen molar-refractivity contribution >= 4 is 5.91 Å². The summed E-state index contributed by atoms with van der Waals surface area (Å²) in [6.45, 7) is 6.21. The topological polar surface area (TPSA) is 76.4 Å². The molecule has 1 aliphatic heterocycles. The van der Waals surface area contributed by atoms with E-state index in [2.05, 4.69) is 22.5 Å². The van der Waals surface area contributed by atoms with E-state index in [4.69, 9.17) is 9.15 Å². The van der Waals surface area contributed by atoms with Crippen LogP contribution in [0.2, 0.25) is 0 Å². The second kappa shape index (κ2) is 6.68. The Morgan fingerprint density at radius 3 is 3.05 bits per heavy atom. The van der Waals surface area contributed by atoms with E-state index in [1.165, 1.54) is 0 Å². The maximum Gasteiger partial charge on any atom is 0.227 e. The highest BCUT2D eigenvalue weighted by atomic mass is 16.5. The molecule has 0 radical (unpaired) electrons. The molecule has 1 aromatic rings. The predicted octanol–water partition coefficient (Wildman–Crippen LogP) is 0.614. The van der Waals surface area contributed by atoms with Gasteiger partial charge in [-0.3, -0.25) is 4.79 Å². The molecule has 0 saturated carbocycles. The van der Waals surface area contributed by atoms with Gasteiger partial charge in [-0.25, -0.2) is 4.98 Å². The zero-order valence-electron chi connectivity index (χ0n) is 11.4. The van der Waals surface area contributed by atoms with Crippen molar-refractivity contribution in [3.05, 3.63) is 17.8 Å². The molecule has 6 heteroatoms. The average molecular weight is 267 g/mol. The highest BCUT2D eigenvalue weighted by molar-refractivity contribution is 5.79. The lowest BCUT2D eigenvalue weighted by Crippen LogP contribution is -2.44. The third-order valence-corrected chi connectivity index (χ3v) is 3.16. The Morgan fingerprint density at radius 2 is 2.37 bits per heavy atom. The van der Waals surface area contributed by atoms with Crippen LogP contribution in [0, 0.1) is 12.8 Å². The number of hydrogen-bond acceptors (Lipinski definition) is 5. The summed E-state index contributed by atoms with van der Waals surface area (Å²) in [5, 5.41) is 6.19. The van der Waals surface area contributed by atoms with Gasteiger partial charge in [-0.1, -0.05) is 6.92 Å². The lowest BCUT2D eigenvalue weighted by Gasteiger charge is -2.17. The number of carbonyl (C=O) groups is 1. The van der Waals surface area contributed by atoms with Gasteiger partial charge in [0.05, 0.1) is 31.9 Å². The fourth-order valence-corrected chi connectivity index (χ4v) is 2.12. The van der Waals surface area contributed by atoms with Crippen LogP contribution >= 0.6 is 0 Å². The van der Waals surface area contributed by atoms with Crippen molar-refractivity contribution in [1.82, 2.24) is 15.6 Å².